The van der Waals surface area contributed by atoms with Crippen molar-refractivity contribution in [2.24, 2.45) is 0 Å². The third kappa shape index (κ3) is 61.2. The maximum absolute atomic E-state index is 13.7. The summed E-state index contributed by atoms with van der Waals surface area (Å²) >= 11 is 0. The normalized spacial score (nSPS) is 14.5. The molecule has 8 atom stereocenters. The molecule has 0 fully saturated rings. The van der Waals surface area contributed by atoms with E-state index in [4.69, 9.17) is 37.0 Å². The van der Waals surface area contributed by atoms with Crippen LogP contribution in [-0.2, 0) is 65.4 Å². The molecular weight excluding hydrogens is 1420 g/mol. The Hall–Kier alpha value is -4.42. The van der Waals surface area contributed by atoms with Gasteiger partial charge in [-0.25, -0.2) is 9.13 Å². The maximum Gasteiger partial charge on any atom is 0.472 e. The lowest BCUT2D eigenvalue weighted by molar-refractivity contribution is -0.152. The molecule has 108 heavy (non-hydrogen) atoms. The third-order valence-electron chi connectivity index (χ3n) is 18.4. The number of aliphatic hydroxyl groups excluding tert-OH is 2. The van der Waals surface area contributed by atoms with Crippen molar-refractivity contribution in [3.05, 3.63) is 59.7 Å². The second-order valence-electron chi connectivity index (χ2n) is 28.7. The number of esters is 2. The molecule has 626 valence electrons. The summed E-state index contributed by atoms with van der Waals surface area (Å²) in [6, 6.07) is 3.75. The number of allylic oxidation sites excluding steroid dienone is 4. The number of hydrogen-bond donors (Lipinski definition) is 8. The van der Waals surface area contributed by atoms with Crippen LogP contribution in [0.3, 0.4) is 0 Å². The van der Waals surface area contributed by atoms with Gasteiger partial charge in [-0.1, -0.05) is 226 Å². The topological polar surface area (TPSA) is 339 Å². The van der Waals surface area contributed by atoms with Crippen molar-refractivity contribution in [1.29, 1.82) is 0 Å². The number of unbranched alkanes of at least 4 members (excludes halogenated alkanes) is 26. The third-order valence-corrected chi connectivity index (χ3v) is 20.3. The maximum atomic E-state index is 13.7. The number of rotatable bonds is 76. The summed E-state index contributed by atoms with van der Waals surface area (Å²) in [5.41, 5.74) is 0.110. The fourth-order valence-corrected chi connectivity index (χ4v) is 13.4. The average Bonchev–Trinajstić information content (AvgIpc) is 0.867. The summed E-state index contributed by atoms with van der Waals surface area (Å²) < 4.78 is 71.1. The van der Waals surface area contributed by atoms with Crippen LogP contribution in [0, 0.1) is 0 Å². The highest BCUT2D eigenvalue weighted by Crippen LogP contribution is 2.44. The molecule has 26 heteroatoms. The first-order valence-electron chi connectivity index (χ1n) is 41.9. The predicted octanol–water partition coefficient (Wildman–Crippen LogP) is 17.4. The second kappa shape index (κ2) is 69.3. The fourth-order valence-electron chi connectivity index (χ4n) is 11.9. The summed E-state index contributed by atoms with van der Waals surface area (Å²) in [5, 5.41) is 32.0. The van der Waals surface area contributed by atoms with Crippen molar-refractivity contribution >= 4 is 51.2 Å². The highest BCUT2D eigenvalue weighted by Gasteiger charge is 2.29. The largest absolute Gasteiger partial charge is 0.472 e. The zero-order valence-electron chi connectivity index (χ0n) is 67.5. The monoisotopic (exact) mass is 1570 g/mol. The number of phosphoric acid groups is 2. The molecular formula is C82H148N4O20P2. The molecule has 0 aromatic heterocycles. The van der Waals surface area contributed by atoms with Gasteiger partial charge >= 0.3 is 27.6 Å². The molecule has 0 bridgehead atoms. The van der Waals surface area contributed by atoms with Gasteiger partial charge in [0.2, 0.25) is 11.8 Å². The Morgan fingerprint density at radius 2 is 0.722 bits per heavy atom. The lowest BCUT2D eigenvalue weighted by Gasteiger charge is -2.23. The molecule has 0 heterocycles. The highest BCUT2D eigenvalue weighted by atomic mass is 31.2. The van der Waals surface area contributed by atoms with Crippen LogP contribution in [0.15, 0.2) is 48.6 Å². The molecule has 0 radical (unpaired) electrons. The molecule has 4 unspecified atom stereocenters. The van der Waals surface area contributed by atoms with Crippen LogP contribution >= 0.6 is 15.6 Å². The summed E-state index contributed by atoms with van der Waals surface area (Å²) in [6.45, 7) is 10.4. The van der Waals surface area contributed by atoms with E-state index in [2.05, 4.69) is 87.1 Å². The standard InChI is InChI=1S/C82H148N4O20P2/c1-7-13-19-25-27-29-31-37-43-52-79(91)105-75(50-41-35-23-17-11-5)63-77(89)85-71(65-99-58-54-73(87)48-39-33-21-15-9-3)67-103-107(95,96)101-60-56-83-81(93)69-46-45-47-70(62-69)82(94)84-57-61-102-108(97,98)104-68-72(66-100-59-55-74(88)49-40-34-22-16-10-4)86-78(90)64-76(51-42-36-24-18-12-6)106-80(92)53-44-38-32-30-28-26-20-14-8-2/h29-32,45-47,62,71-76,87-88H,7-28,33-44,48-61,63-68H2,1-6H3,(H,83,93)(H,84,94)(H,85,89)(H,86,90)(H,95,96)(H,97,98)/t71?,72?,73-,74-,75-,76-/m1/s1. The second-order valence-corrected chi connectivity index (χ2v) is 31.6. The quantitative estimate of drug-likeness (QED) is 0.0130. The zero-order valence-corrected chi connectivity index (χ0v) is 69.3. The van der Waals surface area contributed by atoms with Crippen LogP contribution in [0.5, 0.6) is 0 Å². The van der Waals surface area contributed by atoms with Gasteiger partial charge in [0.25, 0.3) is 11.8 Å². The van der Waals surface area contributed by atoms with Crippen molar-refractivity contribution in [1.82, 2.24) is 21.3 Å². The Kier molecular flexibility index (Phi) is 65.2. The molecule has 0 aliphatic heterocycles. The van der Waals surface area contributed by atoms with E-state index in [-0.39, 0.29) is 88.3 Å². The summed E-state index contributed by atoms with van der Waals surface area (Å²) in [7, 11) is -9.61. The van der Waals surface area contributed by atoms with Crippen LogP contribution in [0.25, 0.3) is 0 Å². The van der Waals surface area contributed by atoms with Gasteiger partial charge in [0, 0.05) is 50.3 Å². The molecule has 0 aliphatic rings. The van der Waals surface area contributed by atoms with E-state index < -0.39 is 102 Å². The number of ether oxygens (including phenoxy) is 4. The van der Waals surface area contributed by atoms with E-state index in [1.807, 2.05) is 0 Å². The molecule has 0 aliphatic carbocycles. The van der Waals surface area contributed by atoms with Crippen molar-refractivity contribution in [3.8, 4) is 0 Å². The molecule has 8 N–H and O–H groups in total. The number of benzene rings is 1. The molecule has 1 aromatic rings. The lowest BCUT2D eigenvalue weighted by atomic mass is 10.1. The summed E-state index contributed by atoms with van der Waals surface area (Å²) in [6.07, 6.45) is 43.5. The van der Waals surface area contributed by atoms with E-state index in [9.17, 15) is 57.9 Å². The molecule has 0 saturated heterocycles. The van der Waals surface area contributed by atoms with Crippen LogP contribution in [0.1, 0.15) is 345 Å². The molecule has 1 aromatic carbocycles. The first kappa shape index (κ1) is 102. The van der Waals surface area contributed by atoms with E-state index in [1.165, 1.54) is 62.8 Å². The van der Waals surface area contributed by atoms with E-state index in [1.54, 1.807) is 0 Å². The Balaban J connectivity index is 2.99. The minimum atomic E-state index is -4.80. The van der Waals surface area contributed by atoms with Crippen LogP contribution in [-0.4, -0.2) is 158 Å². The smallest absolute Gasteiger partial charge is 0.462 e. The zero-order chi connectivity index (χ0) is 79.4. The first-order valence-corrected chi connectivity index (χ1v) is 44.9. The van der Waals surface area contributed by atoms with Gasteiger partial charge < -0.3 is 60.2 Å². The van der Waals surface area contributed by atoms with E-state index >= 15 is 0 Å². The van der Waals surface area contributed by atoms with Crippen molar-refractivity contribution in [2.45, 2.75) is 361 Å². The minimum Gasteiger partial charge on any atom is -0.462 e. The first-order chi connectivity index (χ1) is 52.2. The number of hydrogen-bond acceptors (Lipinski definition) is 18. The molecule has 4 amide bonds. The van der Waals surface area contributed by atoms with Gasteiger partial charge in [-0.3, -0.25) is 46.9 Å². The SMILES string of the molecule is CCCCCCC=CCCCC(=O)O[C@H](CCCCCCC)CC(=O)NC(COCC[C@H](O)CCCCCCC)COP(=O)(O)OCCNC(=O)c1cccc(C(=O)NCCOP(=O)(O)OCC(COCC[C@H](O)CCCCCCC)NC(=O)C[C@@H](CCCCCCC)OC(=O)CCCC=CCCCCCC)c1. The molecule has 0 spiro atoms. The number of amides is 4. The summed E-state index contributed by atoms with van der Waals surface area (Å²) in [5.74, 6) is -3.03. The Morgan fingerprint density at radius 1 is 0.398 bits per heavy atom. The molecule has 1 rings (SSSR count). The van der Waals surface area contributed by atoms with Crippen LogP contribution < -0.4 is 21.3 Å². The molecule has 24 nitrogen and oxygen atoms in total. The van der Waals surface area contributed by atoms with E-state index in [0.717, 1.165) is 167 Å². The number of nitrogens with one attached hydrogen (secondary N) is 4. The van der Waals surface area contributed by atoms with Crippen LogP contribution in [0.2, 0.25) is 0 Å². The van der Waals surface area contributed by atoms with E-state index in [0.29, 0.717) is 51.4 Å². The average molecular weight is 1570 g/mol. The summed E-state index contributed by atoms with van der Waals surface area (Å²) in [4.78, 5) is 102. The number of carbonyl (C=O) groups is 6. The van der Waals surface area contributed by atoms with Crippen molar-refractivity contribution in [2.75, 3.05) is 65.9 Å². The predicted molar refractivity (Wildman–Crippen MR) is 427 cm³/mol. The van der Waals surface area contributed by atoms with Crippen LogP contribution in [0.4, 0.5) is 0 Å². The van der Waals surface area contributed by atoms with Gasteiger partial charge in [-0.2, -0.15) is 0 Å². The molecule has 0 saturated carbocycles. The number of carbonyl (C=O) groups excluding carboxylic acids is 6. The number of phosphoric ester groups is 2. The van der Waals surface area contributed by atoms with Crippen molar-refractivity contribution < 1.29 is 94.9 Å². The lowest BCUT2D eigenvalue weighted by Crippen LogP contribution is -2.43. The number of aliphatic hydroxyl groups is 2. The highest BCUT2D eigenvalue weighted by molar-refractivity contribution is 7.47. The van der Waals surface area contributed by atoms with Gasteiger partial charge in [0.1, 0.15) is 12.2 Å². The van der Waals surface area contributed by atoms with Gasteiger partial charge in [0.05, 0.1) is 76.8 Å². The Morgan fingerprint density at radius 3 is 1.07 bits per heavy atom. The van der Waals surface area contributed by atoms with Gasteiger partial charge in [-0.15, -0.1) is 0 Å². The van der Waals surface area contributed by atoms with Gasteiger partial charge in [0.15, 0.2) is 0 Å². The Labute approximate surface area is 650 Å². The minimum absolute atomic E-state index is 0.0548. The van der Waals surface area contributed by atoms with Crippen molar-refractivity contribution in [3.63, 3.8) is 0 Å². The Bertz CT molecular complexity index is 2430. The van der Waals surface area contributed by atoms with Gasteiger partial charge in [-0.05, 0) is 121 Å². The fraction of sp³-hybridized carbons (Fsp3) is 0.805.